The standard InChI is InChI=1S/C20H23N3O3S/c1-12-11-23-19(13-9-16(25-3)17(26-4)10-15(13)24-2)18(22-20(23)27-12)14-7-5-6-8-21-14/h5-10,12,18-19H,11H2,1-4H3/t12-,18-,19-/m0/s1. The Kier molecular flexibility index (Phi) is 4.86. The highest BCUT2D eigenvalue weighted by atomic mass is 32.2. The van der Waals surface area contributed by atoms with Crippen LogP contribution in [0.4, 0.5) is 0 Å². The average Bonchev–Trinajstić information content (AvgIpc) is 3.23. The predicted molar refractivity (Wildman–Crippen MR) is 107 cm³/mol. The van der Waals surface area contributed by atoms with E-state index in [1.807, 2.05) is 48.3 Å². The van der Waals surface area contributed by atoms with Gasteiger partial charge in [-0.25, -0.2) is 0 Å². The normalized spacial score (nSPS) is 23.8. The number of ether oxygens (including phenoxy) is 3. The summed E-state index contributed by atoms with van der Waals surface area (Å²) in [7, 11) is 4.95. The van der Waals surface area contributed by atoms with Gasteiger partial charge in [-0.05, 0) is 18.2 Å². The summed E-state index contributed by atoms with van der Waals surface area (Å²) in [5.41, 5.74) is 1.98. The van der Waals surface area contributed by atoms with Gasteiger partial charge in [-0.1, -0.05) is 24.8 Å². The highest BCUT2D eigenvalue weighted by Crippen LogP contribution is 2.51. The molecule has 1 saturated heterocycles. The number of nitrogens with zero attached hydrogens (tertiary/aromatic N) is 3. The number of thioether (sulfide) groups is 1. The molecule has 3 heterocycles. The first kappa shape index (κ1) is 18.0. The molecule has 0 unspecified atom stereocenters. The second kappa shape index (κ2) is 7.31. The number of hydrogen-bond acceptors (Lipinski definition) is 7. The highest BCUT2D eigenvalue weighted by molar-refractivity contribution is 8.14. The van der Waals surface area contributed by atoms with Crippen LogP contribution in [-0.4, -0.2) is 48.2 Å². The Bertz CT molecular complexity index is 859. The minimum atomic E-state index is -0.0896. The third-order valence-corrected chi connectivity index (χ3v) is 6.04. The van der Waals surface area contributed by atoms with Crippen LogP contribution in [0.15, 0.2) is 41.5 Å². The van der Waals surface area contributed by atoms with Crippen molar-refractivity contribution < 1.29 is 14.2 Å². The van der Waals surface area contributed by atoms with Gasteiger partial charge in [0.15, 0.2) is 16.7 Å². The molecule has 0 bridgehead atoms. The molecule has 2 aromatic rings. The van der Waals surface area contributed by atoms with Crippen molar-refractivity contribution in [3.8, 4) is 17.2 Å². The molecule has 6 nitrogen and oxygen atoms in total. The van der Waals surface area contributed by atoms with Gasteiger partial charge >= 0.3 is 0 Å². The molecule has 142 valence electrons. The number of hydrogen-bond donors (Lipinski definition) is 0. The predicted octanol–water partition coefficient (Wildman–Crippen LogP) is 3.70. The van der Waals surface area contributed by atoms with Crippen molar-refractivity contribution in [1.82, 2.24) is 9.88 Å². The molecule has 7 heteroatoms. The molecule has 3 atom stereocenters. The van der Waals surface area contributed by atoms with E-state index in [9.17, 15) is 0 Å². The molecule has 0 spiro atoms. The second-order valence-corrected chi connectivity index (χ2v) is 7.99. The van der Waals surface area contributed by atoms with Crippen molar-refractivity contribution in [1.29, 1.82) is 0 Å². The first-order chi connectivity index (χ1) is 13.2. The van der Waals surface area contributed by atoms with E-state index in [-0.39, 0.29) is 12.1 Å². The summed E-state index contributed by atoms with van der Waals surface area (Å²) >= 11 is 1.82. The molecule has 0 aliphatic carbocycles. The summed E-state index contributed by atoms with van der Waals surface area (Å²) in [6, 6.07) is 9.76. The fraction of sp³-hybridized carbons (Fsp3) is 0.400. The molecular formula is C20H23N3O3S. The minimum absolute atomic E-state index is 0.00195. The van der Waals surface area contributed by atoms with Crippen molar-refractivity contribution >= 4 is 16.9 Å². The van der Waals surface area contributed by atoms with Gasteiger partial charge in [0, 0.05) is 29.6 Å². The smallest absolute Gasteiger partial charge is 0.164 e. The number of fused-ring (bicyclic) bond motifs is 1. The lowest BCUT2D eigenvalue weighted by molar-refractivity contribution is 0.301. The van der Waals surface area contributed by atoms with Gasteiger partial charge in [0.05, 0.1) is 33.1 Å². The maximum absolute atomic E-state index is 5.72. The van der Waals surface area contributed by atoms with E-state index in [1.54, 1.807) is 21.3 Å². The van der Waals surface area contributed by atoms with E-state index in [1.165, 1.54) is 0 Å². The van der Waals surface area contributed by atoms with Crippen molar-refractivity contribution in [3.63, 3.8) is 0 Å². The van der Waals surface area contributed by atoms with E-state index < -0.39 is 0 Å². The van der Waals surface area contributed by atoms with Crippen LogP contribution in [0.1, 0.15) is 30.3 Å². The molecule has 4 rings (SSSR count). The third kappa shape index (κ3) is 3.10. The van der Waals surface area contributed by atoms with Crippen molar-refractivity contribution in [2.45, 2.75) is 24.3 Å². The van der Waals surface area contributed by atoms with E-state index in [0.717, 1.165) is 28.7 Å². The molecule has 0 N–H and O–H groups in total. The van der Waals surface area contributed by atoms with Crippen LogP contribution in [0, 0.1) is 0 Å². The Morgan fingerprint density at radius 3 is 2.44 bits per heavy atom. The van der Waals surface area contributed by atoms with Gasteiger partial charge in [0.25, 0.3) is 0 Å². The summed E-state index contributed by atoms with van der Waals surface area (Å²) in [6.07, 6.45) is 1.82. The molecule has 2 aliphatic rings. The van der Waals surface area contributed by atoms with Crippen molar-refractivity contribution in [3.05, 3.63) is 47.8 Å². The maximum Gasteiger partial charge on any atom is 0.164 e. The Labute approximate surface area is 163 Å². The Hall–Kier alpha value is -2.41. The van der Waals surface area contributed by atoms with Crippen LogP contribution in [0.3, 0.4) is 0 Å². The monoisotopic (exact) mass is 385 g/mol. The fourth-order valence-corrected chi connectivity index (χ4v) is 4.83. The number of methoxy groups -OCH3 is 3. The fourth-order valence-electron chi connectivity index (χ4n) is 3.74. The van der Waals surface area contributed by atoms with Crippen LogP contribution >= 0.6 is 11.8 Å². The average molecular weight is 385 g/mol. The SMILES string of the molecule is COc1cc(OC)c([C@H]2[C@H](c3ccccn3)N=C3S[C@@H](C)CN32)cc1OC. The lowest BCUT2D eigenvalue weighted by Gasteiger charge is -2.29. The summed E-state index contributed by atoms with van der Waals surface area (Å²) in [5.74, 6) is 2.09. The van der Waals surface area contributed by atoms with Crippen LogP contribution in [0.2, 0.25) is 0 Å². The summed E-state index contributed by atoms with van der Waals surface area (Å²) < 4.78 is 16.7. The largest absolute Gasteiger partial charge is 0.496 e. The van der Waals surface area contributed by atoms with Gasteiger partial charge in [0.2, 0.25) is 0 Å². The van der Waals surface area contributed by atoms with Crippen molar-refractivity contribution in [2.24, 2.45) is 4.99 Å². The minimum Gasteiger partial charge on any atom is -0.496 e. The van der Waals surface area contributed by atoms with Crippen molar-refractivity contribution in [2.75, 3.05) is 27.9 Å². The van der Waals surface area contributed by atoms with Crippen LogP contribution < -0.4 is 14.2 Å². The zero-order valence-corrected chi connectivity index (χ0v) is 16.7. The van der Waals surface area contributed by atoms with Crippen LogP contribution in [0.5, 0.6) is 17.2 Å². The molecule has 0 radical (unpaired) electrons. The number of rotatable bonds is 5. The number of pyridine rings is 1. The zero-order valence-electron chi connectivity index (χ0n) is 15.9. The molecule has 1 aromatic carbocycles. The maximum atomic E-state index is 5.72. The van der Waals surface area contributed by atoms with Gasteiger partial charge < -0.3 is 19.1 Å². The summed E-state index contributed by atoms with van der Waals surface area (Å²) in [5, 5.41) is 1.57. The number of benzene rings is 1. The lowest BCUT2D eigenvalue weighted by atomic mass is 9.95. The Morgan fingerprint density at radius 2 is 1.78 bits per heavy atom. The van der Waals surface area contributed by atoms with Gasteiger partial charge in [0.1, 0.15) is 11.8 Å². The lowest BCUT2D eigenvalue weighted by Crippen LogP contribution is -2.29. The first-order valence-electron chi connectivity index (χ1n) is 8.88. The van der Waals surface area contributed by atoms with Crippen LogP contribution in [-0.2, 0) is 0 Å². The molecular weight excluding hydrogens is 362 g/mol. The quantitative estimate of drug-likeness (QED) is 0.782. The molecule has 1 aromatic heterocycles. The molecule has 1 fully saturated rings. The topological polar surface area (TPSA) is 56.2 Å². The molecule has 27 heavy (non-hydrogen) atoms. The zero-order chi connectivity index (χ0) is 19.0. The van der Waals surface area contributed by atoms with E-state index in [0.29, 0.717) is 16.7 Å². The summed E-state index contributed by atoms with van der Waals surface area (Å²) in [4.78, 5) is 12.0. The second-order valence-electron chi connectivity index (χ2n) is 6.59. The number of amidine groups is 1. The van der Waals surface area contributed by atoms with Crippen LogP contribution in [0.25, 0.3) is 0 Å². The first-order valence-corrected chi connectivity index (χ1v) is 9.76. The molecule has 2 aliphatic heterocycles. The number of aromatic nitrogens is 1. The Balaban J connectivity index is 1.84. The van der Waals surface area contributed by atoms with Gasteiger partial charge in [-0.2, -0.15) is 0 Å². The molecule has 0 amide bonds. The van der Waals surface area contributed by atoms with E-state index in [4.69, 9.17) is 19.2 Å². The molecule has 0 saturated carbocycles. The third-order valence-electron chi connectivity index (χ3n) is 4.94. The number of aliphatic imine (C=N–C) groups is 1. The van der Waals surface area contributed by atoms with E-state index in [2.05, 4.69) is 16.8 Å². The Morgan fingerprint density at radius 1 is 1.04 bits per heavy atom. The summed E-state index contributed by atoms with van der Waals surface area (Å²) in [6.45, 7) is 3.17. The van der Waals surface area contributed by atoms with Gasteiger partial charge in [-0.3, -0.25) is 9.98 Å². The van der Waals surface area contributed by atoms with E-state index >= 15 is 0 Å². The highest BCUT2D eigenvalue weighted by Gasteiger charge is 2.44. The van der Waals surface area contributed by atoms with Gasteiger partial charge in [-0.15, -0.1) is 0 Å².